The van der Waals surface area contributed by atoms with Crippen LogP contribution in [0.1, 0.15) is 52.5 Å². The number of amides is 4. The highest BCUT2D eigenvalue weighted by molar-refractivity contribution is 5.96. The van der Waals surface area contributed by atoms with Crippen LogP contribution in [0.4, 0.5) is 0 Å². The van der Waals surface area contributed by atoms with Gasteiger partial charge in [0.2, 0.25) is 23.6 Å². The van der Waals surface area contributed by atoms with Crippen molar-refractivity contribution in [3.05, 3.63) is 35.9 Å². The standard InChI is InChI=1S/C25H39N5O6/c1-5-15(4)21(25(35)36)30-24(34)19(13-20(27)31)29-23(33)18(11-14(2)3)28-22(32)17(26)12-16-9-7-6-8-10-16/h6-10,14-15,17-19,21H,5,11-13,26H2,1-4H3,(H2,27,31)(H,28,32)(H,29,33)(H,30,34)(H,35,36). The summed E-state index contributed by atoms with van der Waals surface area (Å²) in [6.45, 7) is 7.14. The van der Waals surface area contributed by atoms with Gasteiger partial charge in [-0.15, -0.1) is 0 Å². The molecule has 0 spiro atoms. The number of hydrogen-bond donors (Lipinski definition) is 6. The molecule has 1 aromatic rings. The number of nitrogens with two attached hydrogens (primary N) is 2. The molecule has 1 aromatic carbocycles. The van der Waals surface area contributed by atoms with Gasteiger partial charge in [-0.25, -0.2) is 4.79 Å². The number of rotatable bonds is 15. The molecule has 0 saturated heterocycles. The van der Waals surface area contributed by atoms with Crippen molar-refractivity contribution >= 4 is 29.6 Å². The fourth-order valence-corrected chi connectivity index (χ4v) is 3.56. The van der Waals surface area contributed by atoms with E-state index < -0.39 is 66.1 Å². The lowest BCUT2D eigenvalue weighted by atomic mass is 9.98. The molecule has 0 saturated carbocycles. The smallest absolute Gasteiger partial charge is 0.326 e. The van der Waals surface area contributed by atoms with Crippen LogP contribution in [0.3, 0.4) is 0 Å². The number of hydrogen-bond acceptors (Lipinski definition) is 6. The van der Waals surface area contributed by atoms with E-state index in [4.69, 9.17) is 11.5 Å². The van der Waals surface area contributed by atoms with E-state index in [1.54, 1.807) is 13.8 Å². The molecule has 0 bridgehead atoms. The molecule has 0 fully saturated rings. The Morgan fingerprint density at radius 1 is 0.889 bits per heavy atom. The minimum absolute atomic E-state index is 0.00314. The monoisotopic (exact) mass is 505 g/mol. The van der Waals surface area contributed by atoms with E-state index in [0.717, 1.165) is 5.56 Å². The molecule has 11 nitrogen and oxygen atoms in total. The summed E-state index contributed by atoms with van der Waals surface area (Å²) in [6.07, 6.45) is 0.447. The maximum Gasteiger partial charge on any atom is 0.326 e. The first-order valence-corrected chi connectivity index (χ1v) is 12.1. The highest BCUT2D eigenvalue weighted by atomic mass is 16.4. The molecule has 0 aliphatic carbocycles. The van der Waals surface area contributed by atoms with Crippen molar-refractivity contribution in [1.82, 2.24) is 16.0 Å². The van der Waals surface area contributed by atoms with Crippen molar-refractivity contribution < 1.29 is 29.1 Å². The van der Waals surface area contributed by atoms with Gasteiger partial charge in [0, 0.05) is 0 Å². The zero-order valence-corrected chi connectivity index (χ0v) is 21.3. The normalized spacial score (nSPS) is 15.2. The molecule has 200 valence electrons. The van der Waals surface area contributed by atoms with E-state index in [1.165, 1.54) is 0 Å². The van der Waals surface area contributed by atoms with Crippen molar-refractivity contribution in [2.75, 3.05) is 0 Å². The van der Waals surface area contributed by atoms with Crippen molar-refractivity contribution in [2.45, 2.75) is 77.5 Å². The second-order valence-corrected chi connectivity index (χ2v) is 9.43. The molecule has 36 heavy (non-hydrogen) atoms. The molecule has 5 atom stereocenters. The molecule has 0 aliphatic rings. The molecule has 1 rings (SSSR count). The van der Waals surface area contributed by atoms with Gasteiger partial charge in [-0.3, -0.25) is 19.2 Å². The minimum atomic E-state index is -1.41. The van der Waals surface area contributed by atoms with Gasteiger partial charge in [-0.2, -0.15) is 0 Å². The van der Waals surface area contributed by atoms with Crippen LogP contribution >= 0.6 is 0 Å². The van der Waals surface area contributed by atoms with Crippen LogP contribution in [0.25, 0.3) is 0 Å². The number of benzene rings is 1. The number of carbonyl (C=O) groups is 5. The van der Waals surface area contributed by atoms with E-state index in [2.05, 4.69) is 16.0 Å². The van der Waals surface area contributed by atoms with Crippen LogP contribution in [0.5, 0.6) is 0 Å². The lowest BCUT2D eigenvalue weighted by molar-refractivity contribution is -0.144. The van der Waals surface area contributed by atoms with Gasteiger partial charge in [0.1, 0.15) is 18.1 Å². The van der Waals surface area contributed by atoms with E-state index in [1.807, 2.05) is 44.2 Å². The summed E-state index contributed by atoms with van der Waals surface area (Å²) in [6, 6.07) is 4.61. The maximum atomic E-state index is 13.1. The third kappa shape index (κ3) is 10.4. The van der Waals surface area contributed by atoms with Crippen molar-refractivity contribution in [3.8, 4) is 0 Å². The molecule has 0 radical (unpaired) electrons. The van der Waals surface area contributed by atoms with Crippen LogP contribution in [0.15, 0.2) is 30.3 Å². The molecule has 11 heteroatoms. The number of aliphatic carboxylic acids is 1. The summed E-state index contributed by atoms with van der Waals surface area (Å²) < 4.78 is 0. The minimum Gasteiger partial charge on any atom is -0.480 e. The number of carbonyl (C=O) groups excluding carboxylic acids is 4. The summed E-state index contributed by atoms with van der Waals surface area (Å²) in [5.74, 6) is -4.60. The van der Waals surface area contributed by atoms with Gasteiger partial charge in [-0.05, 0) is 30.2 Å². The number of carboxylic acid groups (broad SMARTS) is 1. The third-order valence-corrected chi connectivity index (χ3v) is 5.79. The van der Waals surface area contributed by atoms with Crippen LogP contribution in [-0.4, -0.2) is 58.9 Å². The predicted molar refractivity (Wildman–Crippen MR) is 134 cm³/mol. The summed E-state index contributed by atoms with van der Waals surface area (Å²) in [4.78, 5) is 61.8. The SMILES string of the molecule is CCC(C)C(NC(=O)C(CC(N)=O)NC(=O)C(CC(C)C)NC(=O)C(N)Cc1ccccc1)C(=O)O. The van der Waals surface area contributed by atoms with Gasteiger partial charge in [0.15, 0.2) is 0 Å². The first-order chi connectivity index (χ1) is 16.8. The van der Waals surface area contributed by atoms with Crippen LogP contribution < -0.4 is 27.4 Å². The number of nitrogens with one attached hydrogen (secondary N) is 3. The average molecular weight is 506 g/mol. The summed E-state index contributed by atoms with van der Waals surface area (Å²) >= 11 is 0. The van der Waals surface area contributed by atoms with Gasteiger partial charge in [0.25, 0.3) is 0 Å². The Labute approximate surface area is 211 Å². The second kappa shape index (κ2) is 14.8. The number of carboxylic acids is 1. The van der Waals surface area contributed by atoms with Gasteiger partial charge < -0.3 is 32.5 Å². The molecule has 5 unspecified atom stereocenters. The molecular weight excluding hydrogens is 466 g/mol. The average Bonchev–Trinajstić information content (AvgIpc) is 2.80. The van der Waals surface area contributed by atoms with Crippen molar-refractivity contribution in [1.29, 1.82) is 0 Å². The van der Waals surface area contributed by atoms with Crippen LogP contribution in [-0.2, 0) is 30.4 Å². The third-order valence-electron chi connectivity index (χ3n) is 5.79. The largest absolute Gasteiger partial charge is 0.480 e. The predicted octanol–water partition coefficient (Wildman–Crippen LogP) is 0.0630. The fourth-order valence-electron chi connectivity index (χ4n) is 3.56. The zero-order valence-electron chi connectivity index (χ0n) is 21.3. The second-order valence-electron chi connectivity index (χ2n) is 9.43. The van der Waals surface area contributed by atoms with Gasteiger partial charge in [-0.1, -0.05) is 64.4 Å². The Balaban J connectivity index is 2.99. The molecular formula is C25H39N5O6. The Kier molecular flexibility index (Phi) is 12.6. The summed E-state index contributed by atoms with van der Waals surface area (Å²) in [5.41, 5.74) is 12.2. The van der Waals surface area contributed by atoms with E-state index >= 15 is 0 Å². The Bertz CT molecular complexity index is 907. The molecule has 0 aliphatic heterocycles. The maximum absolute atomic E-state index is 13.1. The quantitative estimate of drug-likeness (QED) is 0.194. The van der Waals surface area contributed by atoms with Crippen molar-refractivity contribution in [2.24, 2.45) is 23.3 Å². The lowest BCUT2D eigenvalue weighted by Crippen LogP contribution is -2.58. The van der Waals surface area contributed by atoms with Crippen LogP contribution in [0, 0.1) is 11.8 Å². The van der Waals surface area contributed by atoms with E-state index in [9.17, 15) is 29.1 Å². The first-order valence-electron chi connectivity index (χ1n) is 12.1. The number of primary amides is 1. The van der Waals surface area contributed by atoms with E-state index in [-0.39, 0.29) is 18.8 Å². The Morgan fingerprint density at radius 2 is 1.44 bits per heavy atom. The van der Waals surface area contributed by atoms with Gasteiger partial charge >= 0.3 is 5.97 Å². The lowest BCUT2D eigenvalue weighted by Gasteiger charge is -2.26. The molecule has 0 aromatic heterocycles. The molecule has 0 heterocycles. The molecule has 8 N–H and O–H groups in total. The Morgan fingerprint density at radius 3 is 1.94 bits per heavy atom. The van der Waals surface area contributed by atoms with Crippen molar-refractivity contribution in [3.63, 3.8) is 0 Å². The molecule has 4 amide bonds. The van der Waals surface area contributed by atoms with E-state index in [0.29, 0.717) is 6.42 Å². The topological polar surface area (TPSA) is 194 Å². The first kappa shape index (κ1) is 30.6. The highest BCUT2D eigenvalue weighted by Gasteiger charge is 2.33. The summed E-state index contributed by atoms with van der Waals surface area (Å²) in [7, 11) is 0. The Hall–Kier alpha value is -3.47. The highest BCUT2D eigenvalue weighted by Crippen LogP contribution is 2.10. The summed E-state index contributed by atoms with van der Waals surface area (Å²) in [5, 5.41) is 16.9. The van der Waals surface area contributed by atoms with Crippen LogP contribution in [0.2, 0.25) is 0 Å². The fraction of sp³-hybridized carbons (Fsp3) is 0.560. The van der Waals surface area contributed by atoms with Gasteiger partial charge in [0.05, 0.1) is 12.5 Å². The zero-order chi connectivity index (χ0) is 27.4.